The molecule has 0 spiro atoms. The molecule has 0 radical (unpaired) electrons. The molecule has 2 aliphatic rings. The number of hydrogen-bond donors (Lipinski definition) is 1. The molecule has 4 rings (SSSR count). The van der Waals surface area contributed by atoms with Crippen LogP contribution in [0.3, 0.4) is 0 Å². The molecule has 0 bridgehead atoms. The number of aryl methyl sites for hydroxylation is 1. The van der Waals surface area contributed by atoms with Crippen LogP contribution in [0.1, 0.15) is 37.1 Å². The summed E-state index contributed by atoms with van der Waals surface area (Å²) in [5.74, 6) is 0. The van der Waals surface area contributed by atoms with E-state index >= 15 is 0 Å². The molecule has 3 heterocycles. The fourth-order valence-electron chi connectivity index (χ4n) is 4.24. The lowest BCUT2D eigenvalue weighted by atomic mass is 9.99. The largest absolute Gasteiger partial charge is 0.392 e. The van der Waals surface area contributed by atoms with Gasteiger partial charge in [0.05, 0.1) is 28.5 Å². The first-order valence-corrected chi connectivity index (χ1v) is 9.56. The van der Waals surface area contributed by atoms with E-state index in [0.29, 0.717) is 6.04 Å². The van der Waals surface area contributed by atoms with E-state index in [0.717, 1.165) is 68.0 Å². The average molecular weight is 340 g/mol. The van der Waals surface area contributed by atoms with Crippen molar-refractivity contribution in [2.24, 2.45) is 0 Å². The monoisotopic (exact) mass is 340 g/mol. The van der Waals surface area contributed by atoms with Gasteiger partial charge < -0.3 is 5.11 Å². The Morgan fingerprint density at radius 1 is 1.04 bits per heavy atom. The standard InChI is InChI=1S/C20H28N4O/c1-15-20(22-19-7-3-2-6-18(19)21-15)14-23-11-8-16(9-12-23)24-10-4-5-17(25)13-24/h2-3,6-7,16-17,25H,4-5,8-14H2,1H3/t17-/m1/s1. The number of aliphatic hydroxyl groups is 1. The van der Waals surface area contributed by atoms with E-state index in [4.69, 9.17) is 9.97 Å². The summed E-state index contributed by atoms with van der Waals surface area (Å²) < 4.78 is 0. The first-order chi connectivity index (χ1) is 12.2. The number of β-amino-alcohol motifs (C(OH)–C–C–N with tert-alkyl or cyclic N) is 1. The number of benzene rings is 1. The van der Waals surface area contributed by atoms with Gasteiger partial charge in [-0.15, -0.1) is 0 Å². The van der Waals surface area contributed by atoms with Crippen LogP contribution in [0, 0.1) is 6.92 Å². The predicted molar refractivity (Wildman–Crippen MR) is 99.4 cm³/mol. The van der Waals surface area contributed by atoms with E-state index in [1.54, 1.807) is 0 Å². The summed E-state index contributed by atoms with van der Waals surface area (Å²) in [6.45, 7) is 7.17. The lowest BCUT2D eigenvalue weighted by molar-refractivity contribution is 0.0242. The number of aromatic nitrogens is 2. The van der Waals surface area contributed by atoms with Crippen molar-refractivity contribution in [3.05, 3.63) is 35.7 Å². The number of aliphatic hydroxyl groups excluding tert-OH is 1. The third-order valence-corrected chi connectivity index (χ3v) is 5.72. The van der Waals surface area contributed by atoms with E-state index in [2.05, 4.69) is 16.7 Å². The summed E-state index contributed by atoms with van der Waals surface area (Å²) in [5.41, 5.74) is 4.11. The molecule has 2 fully saturated rings. The van der Waals surface area contributed by atoms with Gasteiger partial charge >= 0.3 is 0 Å². The number of rotatable bonds is 3. The smallest absolute Gasteiger partial charge is 0.0890 e. The Hall–Kier alpha value is -1.56. The molecular formula is C20H28N4O. The second-order valence-electron chi connectivity index (χ2n) is 7.54. The molecule has 0 amide bonds. The molecule has 1 atom stereocenters. The summed E-state index contributed by atoms with van der Waals surface area (Å²) in [4.78, 5) is 14.6. The average Bonchev–Trinajstić information content (AvgIpc) is 2.63. The van der Waals surface area contributed by atoms with E-state index in [1.165, 1.54) is 12.8 Å². The number of piperidine rings is 2. The lowest BCUT2D eigenvalue weighted by Crippen LogP contribution is -2.49. The molecule has 0 aliphatic carbocycles. The van der Waals surface area contributed by atoms with E-state index in [1.807, 2.05) is 24.3 Å². The Balaban J connectivity index is 1.38. The van der Waals surface area contributed by atoms with E-state index in [-0.39, 0.29) is 6.10 Å². The lowest BCUT2D eigenvalue weighted by Gasteiger charge is -2.41. The van der Waals surface area contributed by atoms with Gasteiger partial charge in [0, 0.05) is 32.2 Å². The third kappa shape index (κ3) is 3.84. The molecule has 134 valence electrons. The molecule has 5 nitrogen and oxygen atoms in total. The Bertz CT molecular complexity index is 727. The van der Waals surface area contributed by atoms with E-state index < -0.39 is 0 Å². The van der Waals surface area contributed by atoms with Crippen LogP contribution in [-0.2, 0) is 6.54 Å². The molecular weight excluding hydrogens is 312 g/mol. The van der Waals surface area contributed by atoms with Crippen molar-refractivity contribution in [3.63, 3.8) is 0 Å². The van der Waals surface area contributed by atoms with Gasteiger partial charge in [0.2, 0.25) is 0 Å². The van der Waals surface area contributed by atoms with Crippen molar-refractivity contribution in [1.82, 2.24) is 19.8 Å². The first kappa shape index (κ1) is 16.9. The van der Waals surface area contributed by atoms with Crippen molar-refractivity contribution >= 4 is 11.0 Å². The summed E-state index contributed by atoms with van der Waals surface area (Å²) >= 11 is 0. The molecule has 2 aliphatic heterocycles. The van der Waals surface area contributed by atoms with Crippen molar-refractivity contribution in [2.75, 3.05) is 26.2 Å². The molecule has 1 N–H and O–H groups in total. The number of hydrogen-bond acceptors (Lipinski definition) is 5. The van der Waals surface area contributed by atoms with Gasteiger partial charge in [-0.2, -0.15) is 0 Å². The van der Waals surface area contributed by atoms with Crippen LogP contribution in [0.4, 0.5) is 0 Å². The van der Waals surface area contributed by atoms with Gasteiger partial charge in [0.15, 0.2) is 0 Å². The Labute approximate surface area is 149 Å². The first-order valence-electron chi connectivity index (χ1n) is 9.56. The van der Waals surface area contributed by atoms with Gasteiger partial charge in [0.1, 0.15) is 0 Å². The maximum atomic E-state index is 9.91. The molecule has 25 heavy (non-hydrogen) atoms. The fourth-order valence-corrected chi connectivity index (χ4v) is 4.24. The van der Waals surface area contributed by atoms with Gasteiger partial charge in [-0.3, -0.25) is 9.80 Å². The van der Waals surface area contributed by atoms with Crippen LogP contribution >= 0.6 is 0 Å². The second kappa shape index (κ2) is 7.36. The summed E-state index contributed by atoms with van der Waals surface area (Å²) in [6.07, 6.45) is 4.35. The summed E-state index contributed by atoms with van der Waals surface area (Å²) in [5, 5.41) is 9.91. The highest BCUT2D eigenvalue weighted by Crippen LogP contribution is 2.22. The van der Waals surface area contributed by atoms with Crippen molar-refractivity contribution in [2.45, 2.75) is 51.3 Å². The zero-order valence-electron chi connectivity index (χ0n) is 15.1. The number of likely N-dealkylation sites (tertiary alicyclic amines) is 2. The minimum absolute atomic E-state index is 0.123. The SMILES string of the molecule is Cc1nc2ccccc2nc1CN1CCC(N2CCC[C@@H](O)C2)CC1. The van der Waals surface area contributed by atoms with E-state index in [9.17, 15) is 5.11 Å². The molecule has 0 unspecified atom stereocenters. The quantitative estimate of drug-likeness (QED) is 0.930. The van der Waals surface area contributed by atoms with Gasteiger partial charge in [-0.25, -0.2) is 9.97 Å². The minimum atomic E-state index is -0.123. The maximum Gasteiger partial charge on any atom is 0.0890 e. The highest BCUT2D eigenvalue weighted by atomic mass is 16.3. The zero-order valence-corrected chi connectivity index (χ0v) is 15.1. The zero-order chi connectivity index (χ0) is 17.2. The molecule has 1 aromatic heterocycles. The summed E-state index contributed by atoms with van der Waals surface area (Å²) in [6, 6.07) is 8.74. The normalized spacial score (nSPS) is 24.0. The third-order valence-electron chi connectivity index (χ3n) is 5.72. The van der Waals surface area contributed by atoms with Crippen LogP contribution < -0.4 is 0 Å². The molecule has 5 heteroatoms. The molecule has 2 aromatic rings. The molecule has 1 aromatic carbocycles. The number of para-hydroxylation sites is 2. The highest BCUT2D eigenvalue weighted by molar-refractivity contribution is 5.74. The topological polar surface area (TPSA) is 52.5 Å². The van der Waals surface area contributed by atoms with Gasteiger partial charge in [0.25, 0.3) is 0 Å². The van der Waals surface area contributed by atoms with Crippen molar-refractivity contribution in [3.8, 4) is 0 Å². The molecule has 0 saturated carbocycles. The second-order valence-corrected chi connectivity index (χ2v) is 7.54. The van der Waals surface area contributed by atoms with Crippen molar-refractivity contribution < 1.29 is 5.11 Å². The number of fused-ring (bicyclic) bond motifs is 1. The summed E-state index contributed by atoms with van der Waals surface area (Å²) in [7, 11) is 0. The maximum absolute atomic E-state index is 9.91. The van der Waals surface area contributed by atoms with Crippen molar-refractivity contribution in [1.29, 1.82) is 0 Å². The Morgan fingerprint density at radius 3 is 2.48 bits per heavy atom. The van der Waals surface area contributed by atoms with Crippen LogP contribution in [0.2, 0.25) is 0 Å². The Morgan fingerprint density at radius 2 is 1.76 bits per heavy atom. The van der Waals surface area contributed by atoms with Gasteiger partial charge in [-0.05, 0) is 51.3 Å². The predicted octanol–water partition coefficient (Wildman–Crippen LogP) is 2.36. The van der Waals surface area contributed by atoms with Gasteiger partial charge in [-0.1, -0.05) is 12.1 Å². The van der Waals surface area contributed by atoms with Crippen LogP contribution in [-0.4, -0.2) is 63.2 Å². The van der Waals surface area contributed by atoms with Crippen LogP contribution in [0.25, 0.3) is 11.0 Å². The minimum Gasteiger partial charge on any atom is -0.392 e. The van der Waals surface area contributed by atoms with Crippen LogP contribution in [0.15, 0.2) is 24.3 Å². The number of nitrogens with zero attached hydrogens (tertiary/aromatic N) is 4. The molecule has 2 saturated heterocycles. The fraction of sp³-hybridized carbons (Fsp3) is 0.600. The van der Waals surface area contributed by atoms with Crippen LogP contribution in [0.5, 0.6) is 0 Å². The Kier molecular flexibility index (Phi) is 4.97. The highest BCUT2D eigenvalue weighted by Gasteiger charge is 2.28.